The lowest BCUT2D eigenvalue weighted by Gasteiger charge is -2.43. The quantitative estimate of drug-likeness (QED) is 0.0916. The average molecular weight is 1060 g/mol. The number of Topliss-reactive ketones (excluding diaryl/α,β-unsaturated/α-hetero) is 3. The summed E-state index contributed by atoms with van der Waals surface area (Å²) >= 11 is 0. The number of carbonyl (C=O) groups is 5. The van der Waals surface area contributed by atoms with E-state index in [0.29, 0.717) is 62.5 Å². The predicted octanol–water partition coefficient (Wildman–Crippen LogP) is 7.30. The van der Waals surface area contributed by atoms with Crippen LogP contribution in [0, 0.1) is 35.5 Å². The molecule has 16 nitrogen and oxygen atoms in total. The maximum Gasteiger partial charge on any atom is 0.329 e. The van der Waals surface area contributed by atoms with Crippen molar-refractivity contribution < 1.29 is 72.8 Å². The van der Waals surface area contributed by atoms with Gasteiger partial charge in [-0.15, -0.1) is 0 Å². The summed E-state index contributed by atoms with van der Waals surface area (Å²) in [5.41, 5.74) is 1.82. The Hall–Kier alpha value is -4.23. The van der Waals surface area contributed by atoms with Gasteiger partial charge in [-0.05, 0) is 113 Å². The minimum Gasteiger partial charge on any atom is -0.460 e. The molecule has 1 aromatic carbocycles. The molecule has 4 aliphatic rings. The van der Waals surface area contributed by atoms with Crippen molar-refractivity contribution in [3.05, 3.63) is 83.5 Å². The smallest absolute Gasteiger partial charge is 0.329 e. The molecule has 2 bridgehead atoms. The first-order chi connectivity index (χ1) is 36.2. The lowest BCUT2D eigenvalue weighted by Crippen LogP contribution is -2.61. The Balaban J connectivity index is 1.48. The number of benzene rings is 1. The molecule has 3 unspecified atom stereocenters. The third-order valence-electron chi connectivity index (χ3n) is 16.2. The first-order valence-electron chi connectivity index (χ1n) is 27.8. The number of nitrogens with zero attached hydrogens (tertiary/aromatic N) is 1. The molecule has 1 aliphatic carbocycles. The van der Waals surface area contributed by atoms with Crippen LogP contribution in [0.4, 0.5) is 0 Å². The number of ketones is 3. The maximum absolute atomic E-state index is 14.6. The number of aliphatic hydroxyl groups is 4. The number of ether oxygens (including phenoxy) is 6. The summed E-state index contributed by atoms with van der Waals surface area (Å²) < 4.78 is 36.3. The van der Waals surface area contributed by atoms with Gasteiger partial charge in [0.05, 0.1) is 44.2 Å². The minimum atomic E-state index is -2.52. The number of rotatable bonds is 12. The number of fused-ring (bicyclic) bond motifs is 3. The van der Waals surface area contributed by atoms with Gasteiger partial charge in [-0.3, -0.25) is 19.2 Å². The summed E-state index contributed by atoms with van der Waals surface area (Å²) in [6, 6.07) is 7.94. The number of hydrogen-bond donors (Lipinski definition) is 4. The SMILES string of the molecule is CO[C@@H]1C[C@H](C[C@@H](C)[C@@H]2CC(=O)[C@H](C)/C=C(\C)[C@@H](O)[C@@H](OC)C(=O)[C@H](C)C[C@H](C)/C=C/C=C/C=C(\C)C(OCC(O)c3ccccc3)C[C@@H]3CC[C@@H](C)[C@@](O)(O3)C(=O)C(=O)N3CCCCC3C(=O)O2)CC[C@H]1OCCO. The van der Waals surface area contributed by atoms with E-state index in [1.165, 1.54) is 12.0 Å². The summed E-state index contributed by atoms with van der Waals surface area (Å²) in [6.45, 7) is 12.7. The fourth-order valence-electron chi connectivity index (χ4n) is 11.4. The highest BCUT2D eigenvalue weighted by Crippen LogP contribution is 2.38. The summed E-state index contributed by atoms with van der Waals surface area (Å²) in [5.74, 6) is -8.40. The molecule has 16 heteroatoms. The van der Waals surface area contributed by atoms with Crippen molar-refractivity contribution in [1.82, 2.24) is 4.90 Å². The fraction of sp³-hybridized carbons (Fsp3) is 0.683. The fourth-order valence-corrected chi connectivity index (χ4v) is 11.4. The maximum atomic E-state index is 14.6. The van der Waals surface area contributed by atoms with Gasteiger partial charge in [-0.25, -0.2) is 4.79 Å². The predicted molar refractivity (Wildman–Crippen MR) is 286 cm³/mol. The zero-order valence-corrected chi connectivity index (χ0v) is 46.6. The van der Waals surface area contributed by atoms with Crippen molar-refractivity contribution >= 4 is 29.2 Å². The van der Waals surface area contributed by atoms with E-state index >= 15 is 0 Å². The molecule has 424 valence electrons. The Kier molecular flexibility index (Phi) is 24.9. The molecular weight excluding hydrogens is 975 g/mol. The molecule has 0 spiro atoms. The Morgan fingerprint density at radius 3 is 2.28 bits per heavy atom. The van der Waals surface area contributed by atoms with Crippen molar-refractivity contribution in [3.8, 4) is 0 Å². The van der Waals surface area contributed by atoms with Crippen molar-refractivity contribution in [2.45, 2.75) is 186 Å². The summed E-state index contributed by atoms with van der Waals surface area (Å²) in [5, 5.41) is 44.3. The lowest BCUT2D eigenvalue weighted by atomic mass is 9.78. The third-order valence-corrected chi connectivity index (χ3v) is 16.2. The Labute approximate surface area is 451 Å². The molecule has 4 N–H and O–H groups in total. The Morgan fingerprint density at radius 1 is 0.842 bits per heavy atom. The summed E-state index contributed by atoms with van der Waals surface area (Å²) in [7, 11) is 3.00. The number of hydrogen-bond acceptors (Lipinski definition) is 15. The van der Waals surface area contributed by atoms with Crippen LogP contribution < -0.4 is 0 Å². The van der Waals surface area contributed by atoms with Crippen LogP contribution in [0.5, 0.6) is 0 Å². The van der Waals surface area contributed by atoms with Crippen LogP contribution in [0.1, 0.15) is 137 Å². The molecule has 3 aliphatic heterocycles. The second kappa shape index (κ2) is 30.2. The van der Waals surface area contributed by atoms with Gasteiger partial charge < -0.3 is 53.7 Å². The number of esters is 1. The molecule has 0 radical (unpaired) electrons. The summed E-state index contributed by atoms with van der Waals surface area (Å²) in [6.07, 6.45) is 9.97. The number of cyclic esters (lactones) is 1. The highest BCUT2D eigenvalue weighted by molar-refractivity contribution is 6.39. The van der Waals surface area contributed by atoms with Crippen molar-refractivity contribution in [2.24, 2.45) is 35.5 Å². The molecular formula is C60H89NO15. The number of piperidine rings is 1. The second-order valence-corrected chi connectivity index (χ2v) is 22.2. The van der Waals surface area contributed by atoms with Gasteiger partial charge in [-0.2, -0.15) is 0 Å². The van der Waals surface area contributed by atoms with Crippen LogP contribution >= 0.6 is 0 Å². The highest BCUT2D eigenvalue weighted by Gasteiger charge is 2.53. The van der Waals surface area contributed by atoms with E-state index in [2.05, 4.69) is 0 Å². The monoisotopic (exact) mass is 1060 g/mol. The van der Waals surface area contributed by atoms with Crippen LogP contribution in [-0.2, 0) is 52.4 Å². The van der Waals surface area contributed by atoms with Crippen LogP contribution in [0.2, 0.25) is 0 Å². The van der Waals surface area contributed by atoms with Gasteiger partial charge in [0.2, 0.25) is 5.79 Å². The van der Waals surface area contributed by atoms with E-state index in [-0.39, 0.29) is 87.2 Å². The summed E-state index contributed by atoms with van der Waals surface area (Å²) in [4.78, 5) is 73.0. The molecule has 16 atom stereocenters. The van der Waals surface area contributed by atoms with Crippen LogP contribution in [-0.4, -0.2) is 150 Å². The van der Waals surface area contributed by atoms with Gasteiger partial charge in [0.1, 0.15) is 36.2 Å². The molecule has 3 fully saturated rings. The largest absolute Gasteiger partial charge is 0.460 e. The van der Waals surface area contributed by atoms with Crippen molar-refractivity contribution in [2.75, 3.05) is 40.6 Å². The average Bonchev–Trinajstić information content (AvgIpc) is 3.41. The van der Waals surface area contributed by atoms with E-state index in [1.54, 1.807) is 53.0 Å². The van der Waals surface area contributed by atoms with Gasteiger partial charge in [-0.1, -0.05) is 101 Å². The van der Waals surface area contributed by atoms with E-state index in [0.717, 1.165) is 12.0 Å². The molecule has 1 amide bonds. The second-order valence-electron chi connectivity index (χ2n) is 22.2. The molecule has 3 heterocycles. The lowest BCUT2D eigenvalue weighted by molar-refractivity contribution is -0.266. The number of aliphatic hydroxyl groups excluding tert-OH is 3. The Bertz CT molecular complexity index is 2170. The van der Waals surface area contributed by atoms with Gasteiger partial charge >= 0.3 is 5.97 Å². The normalized spacial score (nSPS) is 36.7. The van der Waals surface area contributed by atoms with E-state index in [9.17, 15) is 44.4 Å². The molecule has 2 saturated heterocycles. The molecule has 76 heavy (non-hydrogen) atoms. The molecule has 5 rings (SSSR count). The topological polar surface area (TPSA) is 225 Å². The standard InChI is InChI=1S/C60H89NO15/c1-37-18-12-10-13-19-38(2)51(74-36-49(64)45-20-14-11-15-21-45)34-46-25-23-43(7)60(70,76-46)57(67)58(68)61-27-17-16-22-47(61)59(69)75-52(40(4)32-44-24-26-50(73-29-28-62)53(33-44)71-8)35-48(63)39(3)31-42(6)55(66)56(72-9)54(65)41(5)30-37/h10-15,18-21,31,37,39-41,43-44,46-47,49-53,55-56,62,64,66,70H,16-17,22-30,32-36H2,1-9H3/b13-10+,18-12+,38-19+,42-31+/t37-,39-,40-,41-,43-,44+,46+,47?,49?,50-,51?,52+,53-,55-,56+,60-/m1/s1. The number of amides is 1. The van der Waals surface area contributed by atoms with Crippen LogP contribution in [0.25, 0.3) is 0 Å². The number of methoxy groups -OCH3 is 2. The Morgan fingerprint density at radius 2 is 1.58 bits per heavy atom. The number of allylic oxidation sites excluding steroid dienone is 6. The minimum absolute atomic E-state index is 0.0316. The van der Waals surface area contributed by atoms with E-state index < -0.39 is 83.9 Å². The third kappa shape index (κ3) is 17.1. The van der Waals surface area contributed by atoms with E-state index in [4.69, 9.17) is 28.4 Å². The molecule has 0 aromatic heterocycles. The molecule has 1 saturated carbocycles. The van der Waals surface area contributed by atoms with Crippen molar-refractivity contribution in [1.29, 1.82) is 0 Å². The van der Waals surface area contributed by atoms with E-state index in [1.807, 2.05) is 69.4 Å². The zero-order chi connectivity index (χ0) is 55.7. The number of carbonyl (C=O) groups excluding carboxylic acids is 5. The van der Waals surface area contributed by atoms with Gasteiger partial charge in [0.15, 0.2) is 5.78 Å². The van der Waals surface area contributed by atoms with Gasteiger partial charge in [0.25, 0.3) is 11.7 Å². The molecule has 1 aromatic rings. The van der Waals surface area contributed by atoms with Crippen molar-refractivity contribution in [3.63, 3.8) is 0 Å². The highest BCUT2D eigenvalue weighted by atomic mass is 16.6. The first kappa shape index (κ1) is 62.6. The van der Waals surface area contributed by atoms with Gasteiger partial charge in [0, 0.05) is 51.4 Å². The first-order valence-corrected chi connectivity index (χ1v) is 27.8. The van der Waals surface area contributed by atoms with Crippen LogP contribution in [0.15, 0.2) is 77.9 Å². The zero-order valence-electron chi connectivity index (χ0n) is 46.6. The van der Waals surface area contributed by atoms with Crippen LogP contribution in [0.3, 0.4) is 0 Å².